The van der Waals surface area contributed by atoms with E-state index in [1.807, 2.05) is 34.1 Å². The molecular weight excluding hydrogens is 366 g/mol. The van der Waals surface area contributed by atoms with Crippen LogP contribution in [0.2, 0.25) is 0 Å². The number of rotatable bonds is 4. The van der Waals surface area contributed by atoms with Gasteiger partial charge in [0.15, 0.2) is 0 Å². The molecule has 2 saturated heterocycles. The quantitative estimate of drug-likeness (QED) is 0.658. The summed E-state index contributed by atoms with van der Waals surface area (Å²) in [6, 6.07) is 7.51. The van der Waals surface area contributed by atoms with E-state index in [9.17, 15) is 9.59 Å². The van der Waals surface area contributed by atoms with E-state index in [0.29, 0.717) is 32.8 Å². The number of carboxylic acids is 1. The lowest BCUT2D eigenvalue weighted by molar-refractivity contribution is -0.138. The summed E-state index contributed by atoms with van der Waals surface area (Å²) >= 11 is 0. The maximum Gasteiger partial charge on any atom is 0.322 e. The Morgan fingerprint density at radius 1 is 1.25 bits per heavy atom. The number of carbonyl (C=O) groups excluding carboxylic acids is 1. The lowest BCUT2D eigenvalue weighted by atomic mass is 10.1. The van der Waals surface area contributed by atoms with Crippen LogP contribution in [-0.2, 0) is 20.7 Å². The van der Waals surface area contributed by atoms with Crippen molar-refractivity contribution >= 4 is 24.2 Å². The first-order valence-electron chi connectivity index (χ1n) is 9.23. The van der Waals surface area contributed by atoms with Gasteiger partial charge in [-0.15, -0.1) is 0 Å². The number of urea groups is 1. The number of benzene rings is 1. The van der Waals surface area contributed by atoms with Crippen molar-refractivity contribution in [3.05, 3.63) is 29.8 Å². The van der Waals surface area contributed by atoms with E-state index >= 15 is 0 Å². The second-order valence-electron chi connectivity index (χ2n) is 6.84. The molecule has 2 aliphatic heterocycles. The van der Waals surface area contributed by atoms with Crippen LogP contribution in [0.5, 0.6) is 0 Å². The normalized spacial score (nSPS) is 21.7. The molecule has 0 spiro atoms. The fraction of sp³-hybridized carbons (Fsp3) is 0.526. The zero-order valence-corrected chi connectivity index (χ0v) is 15.9. The van der Waals surface area contributed by atoms with Crippen LogP contribution in [0.1, 0.15) is 12.5 Å². The number of hydrogen-bond donors (Lipinski definition) is 3. The Hall–Kier alpha value is -2.65. The highest BCUT2D eigenvalue weighted by atomic mass is 16.5. The zero-order valence-electron chi connectivity index (χ0n) is 15.9. The molecule has 9 nitrogen and oxygen atoms in total. The molecule has 2 atom stereocenters. The number of aliphatic carboxylic acids is 1. The van der Waals surface area contributed by atoms with Crippen molar-refractivity contribution in [1.29, 1.82) is 0 Å². The van der Waals surface area contributed by atoms with Crippen LogP contribution in [0.4, 0.5) is 10.5 Å². The van der Waals surface area contributed by atoms with Crippen molar-refractivity contribution in [2.45, 2.75) is 19.4 Å². The van der Waals surface area contributed by atoms with Gasteiger partial charge in [0.1, 0.15) is 0 Å². The Morgan fingerprint density at radius 3 is 2.64 bits per heavy atom. The highest BCUT2D eigenvalue weighted by Crippen LogP contribution is 2.22. The molecule has 2 fully saturated rings. The number of carbonyl (C=O) groups is 3. The van der Waals surface area contributed by atoms with Crippen molar-refractivity contribution in [2.24, 2.45) is 5.92 Å². The largest absolute Gasteiger partial charge is 0.483 e. The standard InChI is InChI=1S/C18H25N3O4.CH2O2/c1-2-14-5-3-4-6-16(14)19-18(24)21-8-13-7-20(10-17(22)23)9-15(21)12-25-11-13;2-1-3/h3-6,13,15H,2,7-12H2,1H3,(H,19,24)(H,22,23);1H,(H,2,3)/t13-,15-;/m0./s1. The van der Waals surface area contributed by atoms with E-state index in [1.54, 1.807) is 0 Å². The summed E-state index contributed by atoms with van der Waals surface area (Å²) in [4.78, 5) is 36.0. The number of aryl methyl sites for hydroxylation is 1. The molecule has 2 bridgehead atoms. The minimum atomic E-state index is -0.839. The molecule has 0 saturated carbocycles. The van der Waals surface area contributed by atoms with Gasteiger partial charge in [-0.05, 0) is 18.1 Å². The number of ether oxygens (including phenoxy) is 1. The summed E-state index contributed by atoms with van der Waals surface area (Å²) in [7, 11) is 0. The lowest BCUT2D eigenvalue weighted by Crippen LogP contribution is -2.48. The van der Waals surface area contributed by atoms with Gasteiger partial charge in [-0.3, -0.25) is 14.5 Å². The first-order chi connectivity index (χ1) is 13.5. The molecule has 0 radical (unpaired) electrons. The molecule has 3 rings (SSSR count). The van der Waals surface area contributed by atoms with Crippen LogP contribution in [-0.4, -0.2) is 83.9 Å². The molecule has 0 unspecified atom stereocenters. The molecule has 154 valence electrons. The number of fused-ring (bicyclic) bond motifs is 3. The Kier molecular flexibility index (Phi) is 8.21. The molecule has 2 heterocycles. The number of nitrogens with one attached hydrogen (secondary N) is 1. The van der Waals surface area contributed by atoms with Crippen LogP contribution in [0.25, 0.3) is 0 Å². The van der Waals surface area contributed by atoms with Gasteiger partial charge in [0.25, 0.3) is 6.47 Å². The van der Waals surface area contributed by atoms with Gasteiger partial charge in [0, 0.05) is 31.2 Å². The smallest absolute Gasteiger partial charge is 0.322 e. The number of anilines is 1. The third-order valence-electron chi connectivity index (χ3n) is 4.80. The zero-order chi connectivity index (χ0) is 20.5. The van der Waals surface area contributed by atoms with Crippen LogP contribution >= 0.6 is 0 Å². The maximum absolute atomic E-state index is 12.9. The minimum absolute atomic E-state index is 0.00112. The molecule has 28 heavy (non-hydrogen) atoms. The summed E-state index contributed by atoms with van der Waals surface area (Å²) in [5, 5.41) is 19.0. The Labute approximate surface area is 163 Å². The van der Waals surface area contributed by atoms with E-state index in [4.69, 9.17) is 19.7 Å². The van der Waals surface area contributed by atoms with Crippen LogP contribution < -0.4 is 5.32 Å². The van der Waals surface area contributed by atoms with E-state index < -0.39 is 5.97 Å². The first-order valence-corrected chi connectivity index (χ1v) is 9.23. The van der Waals surface area contributed by atoms with Gasteiger partial charge in [0.05, 0.1) is 25.8 Å². The summed E-state index contributed by atoms with van der Waals surface area (Å²) in [5.74, 6) is -0.715. The van der Waals surface area contributed by atoms with E-state index in [-0.39, 0.29) is 31.0 Å². The van der Waals surface area contributed by atoms with Crippen LogP contribution in [0.3, 0.4) is 0 Å². The van der Waals surface area contributed by atoms with Crippen LogP contribution in [0.15, 0.2) is 24.3 Å². The molecular formula is C19H27N3O6. The fourth-order valence-electron chi connectivity index (χ4n) is 3.65. The van der Waals surface area contributed by atoms with Gasteiger partial charge in [-0.1, -0.05) is 25.1 Å². The monoisotopic (exact) mass is 393 g/mol. The molecule has 2 amide bonds. The first kappa shape index (κ1) is 21.6. The average molecular weight is 393 g/mol. The molecule has 0 aromatic heterocycles. The Bertz CT molecular complexity index is 683. The summed E-state index contributed by atoms with van der Waals surface area (Å²) < 4.78 is 5.69. The predicted octanol–water partition coefficient (Wildman–Crippen LogP) is 1.20. The molecule has 1 aromatic carbocycles. The van der Waals surface area contributed by atoms with Gasteiger partial charge >= 0.3 is 12.0 Å². The highest BCUT2D eigenvalue weighted by molar-refractivity contribution is 5.90. The SMILES string of the molecule is CCc1ccccc1NC(=O)N1C[C@H]2COC[C@@H]1CN(CC(=O)O)C2.O=CO. The number of carboxylic acid groups (broad SMARTS) is 2. The van der Waals surface area contributed by atoms with Crippen molar-refractivity contribution in [2.75, 3.05) is 44.7 Å². The average Bonchev–Trinajstić information content (AvgIpc) is 2.93. The van der Waals surface area contributed by atoms with E-state index in [0.717, 1.165) is 17.7 Å². The van der Waals surface area contributed by atoms with Gasteiger partial charge < -0.3 is 25.2 Å². The molecule has 3 N–H and O–H groups in total. The van der Waals surface area contributed by atoms with Gasteiger partial charge in [-0.25, -0.2) is 4.79 Å². The minimum Gasteiger partial charge on any atom is -0.483 e. The van der Waals surface area contributed by atoms with Gasteiger partial charge in [-0.2, -0.15) is 0 Å². The number of hydrogen-bond acceptors (Lipinski definition) is 5. The van der Waals surface area contributed by atoms with Crippen LogP contribution in [0, 0.1) is 5.92 Å². The summed E-state index contributed by atoms with van der Waals surface area (Å²) in [6.45, 7) is 4.55. The molecule has 1 aromatic rings. The third kappa shape index (κ3) is 5.93. The second kappa shape index (κ2) is 10.6. The van der Waals surface area contributed by atoms with Crippen molar-refractivity contribution in [3.8, 4) is 0 Å². The second-order valence-corrected chi connectivity index (χ2v) is 6.84. The Balaban J connectivity index is 0.000000878. The lowest BCUT2D eigenvalue weighted by Gasteiger charge is -2.30. The van der Waals surface area contributed by atoms with Crippen molar-refractivity contribution < 1.29 is 29.3 Å². The number of para-hydroxylation sites is 1. The number of amides is 2. The topological polar surface area (TPSA) is 119 Å². The predicted molar refractivity (Wildman–Crippen MR) is 102 cm³/mol. The van der Waals surface area contributed by atoms with E-state index in [2.05, 4.69) is 12.2 Å². The van der Waals surface area contributed by atoms with Crippen molar-refractivity contribution in [3.63, 3.8) is 0 Å². The maximum atomic E-state index is 12.9. The van der Waals surface area contributed by atoms with E-state index in [1.165, 1.54) is 0 Å². The summed E-state index contributed by atoms with van der Waals surface area (Å²) in [6.07, 6.45) is 0.845. The highest BCUT2D eigenvalue weighted by Gasteiger charge is 2.36. The van der Waals surface area contributed by atoms with Gasteiger partial charge in [0.2, 0.25) is 0 Å². The molecule has 2 aliphatic rings. The third-order valence-corrected chi connectivity index (χ3v) is 4.80. The Morgan fingerprint density at radius 2 is 1.96 bits per heavy atom. The number of nitrogens with zero attached hydrogens (tertiary/aromatic N) is 2. The fourth-order valence-corrected chi connectivity index (χ4v) is 3.65. The molecule has 0 aliphatic carbocycles. The van der Waals surface area contributed by atoms with Crippen molar-refractivity contribution in [1.82, 2.24) is 9.80 Å². The molecule has 9 heteroatoms. The summed E-state index contributed by atoms with van der Waals surface area (Å²) in [5.41, 5.74) is 1.93.